The minimum absolute atomic E-state index is 0.00613. The number of ether oxygens (including phenoxy) is 6. The van der Waals surface area contributed by atoms with Gasteiger partial charge in [0.2, 0.25) is 0 Å². The van der Waals surface area contributed by atoms with Crippen LogP contribution in [0.1, 0.15) is 113 Å². The van der Waals surface area contributed by atoms with Gasteiger partial charge in [0, 0.05) is 5.41 Å². The predicted octanol–water partition coefficient (Wildman–Crippen LogP) is 0.706. The summed E-state index contributed by atoms with van der Waals surface area (Å²) in [6.07, 6.45) is -14.3. The molecule has 0 aromatic heterocycles. The lowest BCUT2D eigenvalue weighted by atomic mass is 9.33. The van der Waals surface area contributed by atoms with Crippen LogP contribution in [0.4, 0.5) is 0 Å². The third kappa shape index (κ3) is 7.78. The molecule has 24 unspecified atom stereocenters. The zero-order valence-electron chi connectivity index (χ0n) is 39.5. The van der Waals surface area contributed by atoms with Crippen LogP contribution in [0.3, 0.4) is 0 Å². The van der Waals surface area contributed by atoms with Crippen LogP contribution in [-0.2, 0) is 33.2 Å². The number of carbonyl (C=O) groups is 1. The minimum Gasteiger partial charge on any atom is -0.481 e. The summed E-state index contributed by atoms with van der Waals surface area (Å²) in [7, 11) is 0. The van der Waals surface area contributed by atoms with Crippen molar-refractivity contribution in [3.8, 4) is 0 Å². The van der Waals surface area contributed by atoms with Crippen molar-refractivity contribution in [1.82, 2.24) is 0 Å². The lowest BCUT2D eigenvalue weighted by Gasteiger charge is -2.71. The molecule has 0 bridgehead atoms. The molecule has 8 rings (SSSR count). The molecule has 0 amide bonds. The summed E-state index contributed by atoms with van der Waals surface area (Å²) < 4.78 is 35.7. The number of rotatable bonds is 10. The predicted molar refractivity (Wildman–Crippen MR) is 231 cm³/mol. The first-order valence-electron chi connectivity index (χ1n) is 24.3. The Balaban J connectivity index is 0.977. The van der Waals surface area contributed by atoms with Gasteiger partial charge in [-0.3, -0.25) is 4.79 Å². The summed E-state index contributed by atoms with van der Waals surface area (Å²) in [5.74, 6) is -0.402. The smallest absolute Gasteiger partial charge is 0.310 e. The molecule has 3 saturated heterocycles. The van der Waals surface area contributed by atoms with Crippen LogP contribution < -0.4 is 0 Å². The fourth-order valence-corrected chi connectivity index (χ4v) is 15.1. The summed E-state index contributed by atoms with van der Waals surface area (Å²) in [6, 6.07) is 0. The molecule has 24 atom stereocenters. The Morgan fingerprint density at radius 2 is 1.26 bits per heavy atom. The van der Waals surface area contributed by atoms with Crippen molar-refractivity contribution >= 4 is 5.97 Å². The fraction of sp³-hybridized carbons (Fsp3) is 0.938. The van der Waals surface area contributed by atoms with E-state index < -0.39 is 128 Å². The average Bonchev–Trinajstić information content (AvgIpc) is 3.27. The number of hydrogen-bond donors (Lipinski definition) is 11. The summed E-state index contributed by atoms with van der Waals surface area (Å²) in [5.41, 5.74) is -0.628. The van der Waals surface area contributed by atoms with E-state index >= 15 is 0 Å². The van der Waals surface area contributed by atoms with Gasteiger partial charge in [-0.1, -0.05) is 53.2 Å². The van der Waals surface area contributed by atoms with Crippen LogP contribution in [0.2, 0.25) is 0 Å². The minimum atomic E-state index is -1.92. The van der Waals surface area contributed by atoms with Crippen LogP contribution in [0.5, 0.6) is 0 Å². The molecule has 3 heterocycles. The molecule has 7 fully saturated rings. The maximum atomic E-state index is 13.1. The molecule has 18 heteroatoms. The van der Waals surface area contributed by atoms with Crippen molar-refractivity contribution in [3.63, 3.8) is 0 Å². The van der Waals surface area contributed by atoms with Crippen molar-refractivity contribution in [3.05, 3.63) is 11.6 Å². The molecule has 18 nitrogen and oxygen atoms in total. The van der Waals surface area contributed by atoms with Crippen LogP contribution in [0.25, 0.3) is 0 Å². The van der Waals surface area contributed by atoms with E-state index in [9.17, 15) is 61.0 Å². The van der Waals surface area contributed by atoms with E-state index in [4.69, 9.17) is 28.4 Å². The van der Waals surface area contributed by atoms with Crippen molar-refractivity contribution in [2.75, 3.05) is 19.8 Å². The lowest BCUT2D eigenvalue weighted by Crippen LogP contribution is -2.67. The number of aliphatic carboxylic acids is 1. The second-order valence-corrected chi connectivity index (χ2v) is 23.3. The summed E-state index contributed by atoms with van der Waals surface area (Å²) in [6.45, 7) is 13.6. The van der Waals surface area contributed by atoms with Gasteiger partial charge in [-0.25, -0.2) is 0 Å². The Kier molecular flexibility index (Phi) is 13.9. The molecule has 4 saturated carbocycles. The van der Waals surface area contributed by atoms with Gasteiger partial charge in [0.15, 0.2) is 18.9 Å². The van der Waals surface area contributed by atoms with E-state index in [1.165, 1.54) is 5.57 Å². The Morgan fingerprint density at radius 1 is 0.652 bits per heavy atom. The van der Waals surface area contributed by atoms with E-state index in [1.807, 2.05) is 6.92 Å². The fourth-order valence-electron chi connectivity index (χ4n) is 15.1. The number of carboxylic acid groups (broad SMARTS) is 1. The molecule has 5 aliphatic carbocycles. The lowest BCUT2D eigenvalue weighted by molar-refractivity contribution is -0.383. The molecule has 0 radical (unpaired) electrons. The SMILES string of the molecule is CC1OC(OC2CCC3(C)C(CCC4(C)C3CC=C3C5CC(C)(C)CCC5(C(=O)O)CCC34C)C2(C)CO)C(O)C(OC2OC(CO)C(OC3OC(CO)C(O)C(O)C3O)C(O)C2O)C1O. The van der Waals surface area contributed by atoms with Crippen LogP contribution in [0, 0.1) is 50.2 Å². The summed E-state index contributed by atoms with van der Waals surface area (Å²) >= 11 is 0. The highest BCUT2D eigenvalue weighted by atomic mass is 16.8. The molecule has 378 valence electrons. The number of hydrogen-bond acceptors (Lipinski definition) is 17. The van der Waals surface area contributed by atoms with Gasteiger partial charge in [-0.15, -0.1) is 0 Å². The third-order valence-corrected chi connectivity index (χ3v) is 19.5. The van der Waals surface area contributed by atoms with Crippen LogP contribution in [-0.4, -0.2) is 180 Å². The second-order valence-electron chi connectivity index (χ2n) is 23.3. The number of carboxylic acids is 1. The van der Waals surface area contributed by atoms with E-state index in [1.54, 1.807) is 6.92 Å². The van der Waals surface area contributed by atoms with Crippen molar-refractivity contribution in [1.29, 1.82) is 0 Å². The normalized spacial score (nSPS) is 54.8. The van der Waals surface area contributed by atoms with E-state index in [0.29, 0.717) is 19.3 Å². The standard InChI is InChI=1S/C48H78O18/c1-22-30(52)38(66-40-35(57)33(55)37(26(20-50)63-40)65-39-34(56)32(54)31(53)25(19-49)62-39)36(58)41(61-22)64-29-11-12-44(4)27(45(29,5)21-51)10-13-47(7)28(44)9-8-23-24-18-43(2,3)14-16-48(24,42(59)60)17-15-46(23,47)6/h8,22,24-41,49-58H,9-21H2,1-7H3,(H,59,60). The van der Waals surface area contributed by atoms with E-state index in [0.717, 1.165) is 44.9 Å². The summed E-state index contributed by atoms with van der Waals surface area (Å²) in [5, 5.41) is 119. The molecule has 0 spiro atoms. The van der Waals surface area contributed by atoms with Gasteiger partial charge in [-0.2, -0.15) is 0 Å². The highest BCUT2D eigenvalue weighted by Gasteiger charge is 2.70. The average molecular weight is 943 g/mol. The molecule has 0 aromatic carbocycles. The number of allylic oxidation sites excluding steroid dienone is 2. The van der Waals surface area contributed by atoms with E-state index in [-0.39, 0.29) is 46.0 Å². The van der Waals surface area contributed by atoms with Crippen molar-refractivity contribution < 1.29 is 89.4 Å². The Bertz CT molecular complexity index is 1800. The first-order chi connectivity index (χ1) is 30.9. The molecular weight excluding hydrogens is 865 g/mol. The highest BCUT2D eigenvalue weighted by molar-refractivity contribution is 5.76. The number of aliphatic hydroxyl groups is 10. The molecule has 66 heavy (non-hydrogen) atoms. The number of aliphatic hydroxyl groups excluding tert-OH is 10. The van der Waals surface area contributed by atoms with E-state index in [2.05, 4.69) is 40.7 Å². The topological polar surface area (TPSA) is 295 Å². The zero-order chi connectivity index (χ0) is 48.3. The van der Waals surface area contributed by atoms with Crippen molar-refractivity contribution in [2.24, 2.45) is 50.2 Å². The Hall–Kier alpha value is -1.43. The number of fused-ring (bicyclic) bond motifs is 7. The van der Waals surface area contributed by atoms with Gasteiger partial charge in [0.1, 0.15) is 67.1 Å². The maximum Gasteiger partial charge on any atom is 0.310 e. The highest BCUT2D eigenvalue weighted by Crippen LogP contribution is 2.76. The Morgan fingerprint density at radius 3 is 1.89 bits per heavy atom. The first-order valence-corrected chi connectivity index (χ1v) is 24.3. The molecular formula is C48H78O18. The molecule has 8 aliphatic rings. The maximum absolute atomic E-state index is 13.1. The van der Waals surface area contributed by atoms with Crippen LogP contribution in [0.15, 0.2) is 11.6 Å². The largest absolute Gasteiger partial charge is 0.481 e. The molecule has 3 aliphatic heterocycles. The second kappa shape index (κ2) is 18.0. The quantitative estimate of drug-likeness (QED) is 0.106. The third-order valence-electron chi connectivity index (χ3n) is 19.5. The molecule has 0 aromatic rings. The van der Waals surface area contributed by atoms with Gasteiger partial charge in [0.05, 0.1) is 37.4 Å². The Labute approximate surface area is 387 Å². The van der Waals surface area contributed by atoms with Gasteiger partial charge in [0.25, 0.3) is 0 Å². The zero-order valence-corrected chi connectivity index (χ0v) is 39.5. The summed E-state index contributed by atoms with van der Waals surface area (Å²) in [4.78, 5) is 13.1. The van der Waals surface area contributed by atoms with Crippen molar-refractivity contribution in [2.45, 2.75) is 211 Å². The van der Waals surface area contributed by atoms with Gasteiger partial charge >= 0.3 is 5.97 Å². The monoisotopic (exact) mass is 943 g/mol. The molecule has 11 N–H and O–H groups in total. The van der Waals surface area contributed by atoms with Gasteiger partial charge in [-0.05, 0) is 111 Å². The first kappa shape index (κ1) is 50.9. The van der Waals surface area contributed by atoms with Gasteiger partial charge < -0.3 is 84.6 Å². The van der Waals surface area contributed by atoms with Crippen LogP contribution >= 0.6 is 0 Å².